The van der Waals surface area contributed by atoms with Crippen LogP contribution >= 0.6 is 0 Å². The zero-order chi connectivity index (χ0) is 31.7. The van der Waals surface area contributed by atoms with E-state index in [9.17, 15) is 29.1 Å². The Labute approximate surface area is 255 Å². The summed E-state index contributed by atoms with van der Waals surface area (Å²) < 4.78 is 10.1. The van der Waals surface area contributed by atoms with E-state index in [4.69, 9.17) is 9.47 Å². The number of benzene rings is 1. The van der Waals surface area contributed by atoms with Crippen LogP contribution in [0.15, 0.2) is 48.8 Å². The number of aldehydes is 1. The van der Waals surface area contributed by atoms with Crippen LogP contribution in [-0.4, -0.2) is 127 Å². The number of pyridine rings is 1. The largest absolute Gasteiger partial charge is 0.497 e. The number of aliphatic carboxylic acids is 1. The molecule has 2 aliphatic heterocycles. The summed E-state index contributed by atoms with van der Waals surface area (Å²) in [5.41, 5.74) is 0.254. The van der Waals surface area contributed by atoms with E-state index in [0.717, 1.165) is 16.2 Å². The molecule has 44 heavy (non-hydrogen) atoms. The normalized spacial score (nSPS) is 18.8. The number of hydrogen-bond donors (Lipinski definition) is 2. The number of carbonyl (C=O) groups excluding carboxylic acids is 4. The van der Waals surface area contributed by atoms with Crippen LogP contribution < -0.4 is 15.0 Å². The number of carbonyl (C=O) groups is 5. The maximum Gasteiger partial charge on any atom is 0.323 e. The fourth-order valence-corrected chi connectivity index (χ4v) is 5.70. The summed E-state index contributed by atoms with van der Waals surface area (Å²) in [4.78, 5) is 74.8. The minimum atomic E-state index is -1.56. The Morgan fingerprint density at radius 1 is 1.02 bits per heavy atom. The lowest BCUT2D eigenvalue weighted by Gasteiger charge is -2.50. The average molecular weight is 611 g/mol. The number of anilines is 1. The highest BCUT2D eigenvalue weighted by Crippen LogP contribution is 2.28. The van der Waals surface area contributed by atoms with E-state index in [1.165, 1.54) is 12.0 Å². The lowest BCUT2D eigenvalue weighted by molar-refractivity contribution is -0.166. The number of methoxy groups -OCH3 is 2. The standard InChI is InChI=1S/C30H38N6O8/c1-43-24-5-3-22(4-6-24)20-32-30(9-18-37,35-15-12-33(13-16-35)23-7-10-31-11-8-23)29(42)36-17-14-34(21-26(38)39)28(41)25(36)19-27(40)44-2/h3-8,10-11,18,25,32H,9,12-17,19-21H2,1-2H3,(H,38,39). The number of piperazine rings is 2. The van der Waals surface area contributed by atoms with Crippen molar-refractivity contribution in [3.8, 4) is 5.75 Å². The molecule has 2 fully saturated rings. The summed E-state index contributed by atoms with van der Waals surface area (Å²) >= 11 is 0. The molecule has 0 radical (unpaired) electrons. The average Bonchev–Trinajstić information content (AvgIpc) is 3.05. The first-order valence-corrected chi connectivity index (χ1v) is 14.3. The van der Waals surface area contributed by atoms with Crippen LogP contribution in [0.4, 0.5) is 5.69 Å². The van der Waals surface area contributed by atoms with Crippen molar-refractivity contribution in [2.75, 3.05) is 64.9 Å². The first kappa shape index (κ1) is 32.4. The third kappa shape index (κ3) is 7.32. The third-order valence-corrected chi connectivity index (χ3v) is 8.08. The molecule has 4 rings (SSSR count). The quantitative estimate of drug-likeness (QED) is 0.231. The van der Waals surface area contributed by atoms with Gasteiger partial charge >= 0.3 is 11.9 Å². The molecule has 2 N–H and O–H groups in total. The molecule has 2 saturated heterocycles. The van der Waals surface area contributed by atoms with Crippen molar-refractivity contribution in [3.63, 3.8) is 0 Å². The van der Waals surface area contributed by atoms with Crippen molar-refractivity contribution in [1.82, 2.24) is 25.0 Å². The molecule has 2 aliphatic rings. The van der Waals surface area contributed by atoms with E-state index in [-0.39, 0.29) is 26.1 Å². The molecule has 2 amide bonds. The summed E-state index contributed by atoms with van der Waals surface area (Å²) in [5.74, 6) is -2.49. The van der Waals surface area contributed by atoms with E-state index in [0.29, 0.717) is 38.2 Å². The van der Waals surface area contributed by atoms with Crippen LogP contribution in [0.2, 0.25) is 0 Å². The zero-order valence-corrected chi connectivity index (χ0v) is 24.9. The van der Waals surface area contributed by atoms with Gasteiger partial charge in [-0.05, 0) is 29.8 Å². The van der Waals surface area contributed by atoms with Crippen molar-refractivity contribution < 1.29 is 38.6 Å². The minimum absolute atomic E-state index is 0.0265. The number of nitrogens with one attached hydrogen (secondary N) is 1. The molecule has 3 heterocycles. The number of amides is 2. The minimum Gasteiger partial charge on any atom is -0.497 e. The van der Waals surface area contributed by atoms with Crippen LogP contribution in [0.25, 0.3) is 0 Å². The van der Waals surface area contributed by atoms with Gasteiger partial charge in [-0.3, -0.25) is 34.4 Å². The number of aromatic nitrogens is 1. The Kier molecular flexibility index (Phi) is 10.8. The molecular weight excluding hydrogens is 572 g/mol. The van der Waals surface area contributed by atoms with Gasteiger partial charge in [-0.2, -0.15) is 0 Å². The smallest absolute Gasteiger partial charge is 0.323 e. The Hall–Kier alpha value is -4.56. The van der Waals surface area contributed by atoms with Crippen LogP contribution in [0.5, 0.6) is 5.75 Å². The Bertz CT molecular complexity index is 1320. The molecule has 1 aromatic heterocycles. The molecule has 14 heteroatoms. The van der Waals surface area contributed by atoms with Gasteiger partial charge in [0.05, 0.1) is 20.6 Å². The first-order chi connectivity index (χ1) is 21.2. The van der Waals surface area contributed by atoms with Gasteiger partial charge in [-0.15, -0.1) is 0 Å². The van der Waals surface area contributed by atoms with Crippen molar-refractivity contribution in [2.24, 2.45) is 0 Å². The molecule has 0 saturated carbocycles. The summed E-state index contributed by atoms with van der Waals surface area (Å²) in [6.45, 7) is 1.51. The summed E-state index contributed by atoms with van der Waals surface area (Å²) in [6.07, 6.45) is 3.40. The first-order valence-electron chi connectivity index (χ1n) is 14.3. The molecule has 236 valence electrons. The molecule has 0 spiro atoms. The Balaban J connectivity index is 1.68. The van der Waals surface area contributed by atoms with Gasteiger partial charge in [-0.25, -0.2) is 0 Å². The van der Waals surface area contributed by atoms with Crippen molar-refractivity contribution in [3.05, 3.63) is 54.4 Å². The topological polar surface area (TPSA) is 162 Å². The molecular formula is C30H38N6O8. The predicted octanol–water partition coefficient (Wildman–Crippen LogP) is -0.0256. The number of hydrogen-bond acceptors (Lipinski definition) is 11. The van der Waals surface area contributed by atoms with Gasteiger partial charge in [0, 0.05) is 70.3 Å². The molecule has 2 atom stereocenters. The number of rotatable bonds is 13. The number of carboxylic acids is 1. The van der Waals surface area contributed by atoms with Gasteiger partial charge in [-0.1, -0.05) is 12.1 Å². The molecule has 14 nitrogen and oxygen atoms in total. The summed E-state index contributed by atoms with van der Waals surface area (Å²) in [7, 11) is 2.74. The number of carboxylic acid groups (broad SMARTS) is 1. The van der Waals surface area contributed by atoms with Crippen molar-refractivity contribution >= 4 is 35.7 Å². The molecule has 1 aromatic carbocycles. The summed E-state index contributed by atoms with van der Waals surface area (Å²) in [5, 5.41) is 12.7. The molecule has 2 unspecified atom stereocenters. The second-order valence-electron chi connectivity index (χ2n) is 10.6. The van der Waals surface area contributed by atoms with E-state index >= 15 is 0 Å². The highest BCUT2D eigenvalue weighted by atomic mass is 16.5. The van der Waals surface area contributed by atoms with E-state index in [1.54, 1.807) is 31.6 Å². The van der Waals surface area contributed by atoms with Gasteiger partial charge in [0.25, 0.3) is 5.91 Å². The third-order valence-electron chi connectivity index (χ3n) is 8.08. The monoisotopic (exact) mass is 610 g/mol. The van der Waals surface area contributed by atoms with E-state index < -0.39 is 48.4 Å². The molecule has 2 aromatic rings. The predicted molar refractivity (Wildman–Crippen MR) is 158 cm³/mol. The highest BCUT2D eigenvalue weighted by molar-refractivity contribution is 5.96. The fraction of sp³-hybridized carbons (Fsp3) is 0.467. The second-order valence-corrected chi connectivity index (χ2v) is 10.6. The fourth-order valence-electron chi connectivity index (χ4n) is 5.70. The van der Waals surface area contributed by atoms with Gasteiger partial charge in [0.15, 0.2) is 5.66 Å². The van der Waals surface area contributed by atoms with Crippen LogP contribution in [0, 0.1) is 0 Å². The number of esters is 1. The van der Waals surface area contributed by atoms with Crippen LogP contribution in [0.1, 0.15) is 18.4 Å². The SMILES string of the molecule is COC(=O)CC1C(=O)N(CC(=O)O)CCN1C(=O)C(CC=O)(NCc1ccc(OC)cc1)N1CCN(c2ccncc2)CC1. The maximum atomic E-state index is 14.7. The maximum absolute atomic E-state index is 14.7. The summed E-state index contributed by atoms with van der Waals surface area (Å²) in [6, 6.07) is 9.79. The molecule has 0 bridgehead atoms. The Morgan fingerprint density at radius 3 is 2.30 bits per heavy atom. The zero-order valence-electron chi connectivity index (χ0n) is 24.9. The van der Waals surface area contributed by atoms with Crippen LogP contribution in [-0.2, 0) is 35.3 Å². The Morgan fingerprint density at radius 2 is 1.70 bits per heavy atom. The van der Waals surface area contributed by atoms with Crippen molar-refractivity contribution in [2.45, 2.75) is 31.1 Å². The molecule has 0 aliphatic carbocycles. The second kappa shape index (κ2) is 14.8. The lowest BCUT2D eigenvalue weighted by atomic mass is 9.96. The number of ether oxygens (including phenoxy) is 2. The van der Waals surface area contributed by atoms with E-state index in [2.05, 4.69) is 15.2 Å². The highest BCUT2D eigenvalue weighted by Gasteiger charge is 2.51. The van der Waals surface area contributed by atoms with Gasteiger partial charge in [0.2, 0.25) is 5.91 Å². The lowest BCUT2D eigenvalue weighted by Crippen LogP contribution is -2.73. The van der Waals surface area contributed by atoms with Gasteiger partial charge < -0.3 is 34.1 Å². The van der Waals surface area contributed by atoms with E-state index in [1.807, 2.05) is 29.2 Å². The van der Waals surface area contributed by atoms with Crippen LogP contribution in [0.3, 0.4) is 0 Å². The number of nitrogens with zero attached hydrogens (tertiary/aromatic N) is 5. The van der Waals surface area contributed by atoms with Gasteiger partial charge in [0.1, 0.15) is 24.6 Å². The van der Waals surface area contributed by atoms with Crippen molar-refractivity contribution in [1.29, 1.82) is 0 Å².